The van der Waals surface area contributed by atoms with Crippen molar-refractivity contribution < 1.29 is 18.3 Å². The second-order valence-electron chi connectivity index (χ2n) is 3.59. The summed E-state index contributed by atoms with van der Waals surface area (Å²) in [5.41, 5.74) is 0.546. The molecule has 0 aliphatic rings. The van der Waals surface area contributed by atoms with Gasteiger partial charge in [0.25, 0.3) is 0 Å². The highest BCUT2D eigenvalue weighted by Gasteiger charge is 2.22. The van der Waals surface area contributed by atoms with E-state index >= 15 is 0 Å². The summed E-state index contributed by atoms with van der Waals surface area (Å²) in [7, 11) is -3.80. The van der Waals surface area contributed by atoms with Crippen molar-refractivity contribution in [3.8, 4) is 0 Å². The highest BCUT2D eigenvalue weighted by molar-refractivity contribution is 9.10. The number of sulfonamides is 1. The van der Waals surface area contributed by atoms with Crippen LogP contribution in [0, 0.1) is 6.92 Å². The zero-order valence-corrected chi connectivity index (χ0v) is 11.7. The normalized spacial score (nSPS) is 13.4. The predicted molar refractivity (Wildman–Crippen MR) is 66.3 cm³/mol. The molecular formula is C10H12BrNO4S. The summed E-state index contributed by atoms with van der Waals surface area (Å²) in [6.07, 6.45) is 0. The van der Waals surface area contributed by atoms with Crippen LogP contribution in [0.25, 0.3) is 0 Å². The van der Waals surface area contributed by atoms with Gasteiger partial charge >= 0.3 is 5.97 Å². The number of carbonyl (C=O) groups is 1. The van der Waals surface area contributed by atoms with Crippen molar-refractivity contribution in [2.24, 2.45) is 0 Å². The molecule has 94 valence electrons. The van der Waals surface area contributed by atoms with Gasteiger partial charge in [-0.05, 0) is 37.6 Å². The molecule has 0 heterocycles. The molecule has 1 atom stereocenters. The summed E-state index contributed by atoms with van der Waals surface area (Å²) < 4.78 is 26.6. The third kappa shape index (κ3) is 3.52. The first-order valence-electron chi connectivity index (χ1n) is 4.75. The van der Waals surface area contributed by atoms with Crippen molar-refractivity contribution in [2.45, 2.75) is 24.8 Å². The monoisotopic (exact) mass is 321 g/mol. The van der Waals surface area contributed by atoms with Gasteiger partial charge in [0.1, 0.15) is 6.04 Å². The third-order valence-corrected chi connectivity index (χ3v) is 4.32. The van der Waals surface area contributed by atoms with Crippen LogP contribution in [0.3, 0.4) is 0 Å². The van der Waals surface area contributed by atoms with Crippen molar-refractivity contribution in [1.82, 2.24) is 4.72 Å². The molecule has 2 N–H and O–H groups in total. The molecule has 1 aromatic carbocycles. The Bertz CT molecular complexity index is 541. The van der Waals surface area contributed by atoms with Crippen molar-refractivity contribution in [3.05, 3.63) is 28.2 Å². The molecule has 1 aromatic rings. The van der Waals surface area contributed by atoms with E-state index in [-0.39, 0.29) is 4.90 Å². The SMILES string of the molecule is Cc1cc(Br)ccc1S(=O)(=O)N[C@@H](C)C(=O)O. The third-order valence-electron chi connectivity index (χ3n) is 2.13. The fraction of sp³-hybridized carbons (Fsp3) is 0.300. The maximum atomic E-state index is 11.9. The minimum absolute atomic E-state index is 0.0776. The molecule has 0 bridgehead atoms. The minimum atomic E-state index is -3.80. The second kappa shape index (κ2) is 5.16. The molecule has 0 saturated heterocycles. The number of benzene rings is 1. The first-order chi connectivity index (χ1) is 7.74. The number of carboxylic acid groups (broad SMARTS) is 1. The Labute approximate surface area is 108 Å². The van der Waals surface area contributed by atoms with Gasteiger partial charge in [0.15, 0.2) is 0 Å². The maximum absolute atomic E-state index is 11.9. The molecule has 0 aliphatic heterocycles. The molecule has 0 aliphatic carbocycles. The van der Waals surface area contributed by atoms with Gasteiger partial charge in [0.2, 0.25) is 10.0 Å². The average Bonchev–Trinajstić information content (AvgIpc) is 2.15. The average molecular weight is 322 g/mol. The molecule has 0 fully saturated rings. The van der Waals surface area contributed by atoms with Crippen LogP contribution in [0.2, 0.25) is 0 Å². The largest absolute Gasteiger partial charge is 0.480 e. The highest BCUT2D eigenvalue weighted by Crippen LogP contribution is 2.20. The van der Waals surface area contributed by atoms with Crippen LogP contribution in [-0.4, -0.2) is 25.5 Å². The van der Waals surface area contributed by atoms with Gasteiger partial charge in [0, 0.05) is 4.47 Å². The van der Waals surface area contributed by atoms with E-state index in [2.05, 4.69) is 20.7 Å². The molecule has 0 unspecified atom stereocenters. The summed E-state index contributed by atoms with van der Waals surface area (Å²) in [5, 5.41) is 8.67. The molecule has 0 aromatic heterocycles. The van der Waals surface area contributed by atoms with E-state index in [1.165, 1.54) is 13.0 Å². The van der Waals surface area contributed by atoms with Crippen molar-refractivity contribution in [2.75, 3.05) is 0 Å². The standard InChI is InChI=1S/C10H12BrNO4S/c1-6-5-8(11)3-4-9(6)17(15,16)12-7(2)10(13)14/h3-5,7,12H,1-2H3,(H,13,14)/t7-/m0/s1. The molecule has 17 heavy (non-hydrogen) atoms. The van der Waals surface area contributed by atoms with Gasteiger partial charge in [-0.15, -0.1) is 0 Å². The van der Waals surface area contributed by atoms with E-state index in [0.717, 1.165) is 4.47 Å². The Morgan fingerprint density at radius 2 is 2.06 bits per heavy atom. The second-order valence-corrected chi connectivity index (χ2v) is 6.19. The maximum Gasteiger partial charge on any atom is 0.321 e. The van der Waals surface area contributed by atoms with Gasteiger partial charge in [-0.3, -0.25) is 4.79 Å². The lowest BCUT2D eigenvalue weighted by atomic mass is 10.2. The number of carboxylic acids is 1. The van der Waals surface area contributed by atoms with E-state index < -0.39 is 22.0 Å². The van der Waals surface area contributed by atoms with E-state index in [1.807, 2.05) is 0 Å². The minimum Gasteiger partial charge on any atom is -0.480 e. The van der Waals surface area contributed by atoms with Gasteiger partial charge in [-0.2, -0.15) is 4.72 Å². The van der Waals surface area contributed by atoms with Crippen LogP contribution in [0.15, 0.2) is 27.6 Å². The summed E-state index contributed by atoms with van der Waals surface area (Å²) in [6, 6.07) is 3.51. The van der Waals surface area contributed by atoms with E-state index in [4.69, 9.17) is 5.11 Å². The summed E-state index contributed by atoms with van der Waals surface area (Å²) in [5.74, 6) is -1.22. The Hall–Kier alpha value is -0.920. The van der Waals surface area contributed by atoms with Crippen molar-refractivity contribution in [1.29, 1.82) is 0 Å². The van der Waals surface area contributed by atoms with E-state index in [9.17, 15) is 13.2 Å². The highest BCUT2D eigenvalue weighted by atomic mass is 79.9. The topological polar surface area (TPSA) is 83.5 Å². The lowest BCUT2D eigenvalue weighted by molar-refractivity contribution is -0.138. The quantitative estimate of drug-likeness (QED) is 0.880. The van der Waals surface area contributed by atoms with E-state index in [1.54, 1.807) is 19.1 Å². The van der Waals surface area contributed by atoms with Gasteiger partial charge in [-0.1, -0.05) is 15.9 Å². The van der Waals surface area contributed by atoms with Crippen LogP contribution in [0.5, 0.6) is 0 Å². The molecule has 7 heteroatoms. The van der Waals surface area contributed by atoms with Crippen LogP contribution >= 0.6 is 15.9 Å². The fourth-order valence-corrected chi connectivity index (χ4v) is 3.16. The molecule has 1 rings (SSSR count). The van der Waals surface area contributed by atoms with Gasteiger partial charge in [0.05, 0.1) is 4.90 Å². The Morgan fingerprint density at radius 1 is 1.47 bits per heavy atom. The number of aliphatic carboxylic acids is 1. The van der Waals surface area contributed by atoms with Crippen LogP contribution in [0.4, 0.5) is 0 Å². The number of hydrogen-bond donors (Lipinski definition) is 2. The zero-order valence-electron chi connectivity index (χ0n) is 9.27. The zero-order chi connectivity index (χ0) is 13.2. The first-order valence-corrected chi connectivity index (χ1v) is 7.03. The predicted octanol–water partition coefficient (Wildman–Crippen LogP) is 1.51. The van der Waals surface area contributed by atoms with Crippen molar-refractivity contribution in [3.63, 3.8) is 0 Å². The molecule has 0 saturated carbocycles. The number of nitrogens with one attached hydrogen (secondary N) is 1. The Morgan fingerprint density at radius 3 is 2.53 bits per heavy atom. The Balaban J connectivity index is 3.10. The van der Waals surface area contributed by atoms with Crippen LogP contribution < -0.4 is 4.72 Å². The molecule has 0 spiro atoms. The first kappa shape index (κ1) is 14.1. The fourth-order valence-electron chi connectivity index (χ4n) is 1.26. The van der Waals surface area contributed by atoms with E-state index in [0.29, 0.717) is 5.56 Å². The number of halogens is 1. The Kier molecular flexibility index (Phi) is 4.29. The van der Waals surface area contributed by atoms with Gasteiger partial charge in [-0.25, -0.2) is 8.42 Å². The lowest BCUT2D eigenvalue weighted by Gasteiger charge is -2.12. The molecule has 0 radical (unpaired) electrons. The smallest absolute Gasteiger partial charge is 0.321 e. The van der Waals surface area contributed by atoms with Crippen LogP contribution in [-0.2, 0) is 14.8 Å². The van der Waals surface area contributed by atoms with Crippen molar-refractivity contribution >= 4 is 31.9 Å². The summed E-state index contributed by atoms with van der Waals surface area (Å²) in [6.45, 7) is 2.92. The number of rotatable bonds is 4. The van der Waals surface area contributed by atoms with Crippen LogP contribution in [0.1, 0.15) is 12.5 Å². The molecular weight excluding hydrogens is 310 g/mol. The molecule has 0 amide bonds. The number of hydrogen-bond acceptors (Lipinski definition) is 3. The summed E-state index contributed by atoms with van der Waals surface area (Å²) >= 11 is 3.23. The summed E-state index contributed by atoms with van der Waals surface area (Å²) in [4.78, 5) is 10.7. The molecule has 5 nitrogen and oxygen atoms in total. The number of aryl methyl sites for hydroxylation is 1. The van der Waals surface area contributed by atoms with Gasteiger partial charge < -0.3 is 5.11 Å². The lowest BCUT2D eigenvalue weighted by Crippen LogP contribution is -2.38.